The predicted molar refractivity (Wildman–Crippen MR) is 136 cm³/mol. The minimum absolute atomic E-state index is 0.452. The minimum Gasteiger partial charge on any atom is -0.381 e. The van der Waals surface area contributed by atoms with Crippen LogP contribution in [0.5, 0.6) is 0 Å². The van der Waals surface area contributed by atoms with Crippen LogP contribution in [-0.2, 0) is 17.8 Å². The van der Waals surface area contributed by atoms with Gasteiger partial charge in [0.1, 0.15) is 0 Å². The lowest BCUT2D eigenvalue weighted by Gasteiger charge is -2.33. The highest BCUT2D eigenvalue weighted by atomic mass is 35.5. The molecule has 2 aliphatic rings. The van der Waals surface area contributed by atoms with E-state index in [2.05, 4.69) is 46.8 Å². The number of benzene rings is 1. The summed E-state index contributed by atoms with van der Waals surface area (Å²) in [5, 5.41) is 9.51. The van der Waals surface area contributed by atoms with Gasteiger partial charge in [0.05, 0.1) is 11.4 Å². The third-order valence-electron chi connectivity index (χ3n) is 7.66. The smallest absolute Gasteiger partial charge is 0.159 e. The summed E-state index contributed by atoms with van der Waals surface area (Å²) in [7, 11) is 0. The number of nitrogens with one attached hydrogen (secondary N) is 1. The summed E-state index contributed by atoms with van der Waals surface area (Å²) in [6.07, 6.45) is 6.62. The fourth-order valence-corrected chi connectivity index (χ4v) is 5.69. The van der Waals surface area contributed by atoms with Gasteiger partial charge in [0.25, 0.3) is 0 Å². The van der Waals surface area contributed by atoms with Crippen molar-refractivity contribution in [3.8, 4) is 0 Å². The number of nitrogens with zero attached hydrogens (tertiary/aromatic N) is 4. The Morgan fingerprint density at radius 3 is 2.74 bits per heavy atom. The van der Waals surface area contributed by atoms with Crippen LogP contribution in [0.4, 0.5) is 0 Å². The van der Waals surface area contributed by atoms with Gasteiger partial charge in [-0.3, -0.25) is 4.90 Å². The molecule has 1 N–H and O–H groups in total. The molecular weight excluding hydrogens is 446 g/mol. The second kappa shape index (κ2) is 10.7. The molecule has 1 aromatic carbocycles. The van der Waals surface area contributed by atoms with Crippen molar-refractivity contribution in [1.82, 2.24) is 24.8 Å². The molecule has 5 rings (SSSR count). The van der Waals surface area contributed by atoms with Gasteiger partial charge >= 0.3 is 0 Å². The Balaban J connectivity index is 1.30. The molecule has 2 saturated heterocycles. The van der Waals surface area contributed by atoms with E-state index >= 15 is 0 Å². The Morgan fingerprint density at radius 2 is 1.94 bits per heavy atom. The number of piperidine rings is 1. The summed E-state index contributed by atoms with van der Waals surface area (Å²) >= 11 is 6.07. The van der Waals surface area contributed by atoms with Crippen LogP contribution in [0, 0.1) is 12.8 Å². The summed E-state index contributed by atoms with van der Waals surface area (Å²) in [6, 6.07) is 10.9. The highest BCUT2D eigenvalue weighted by Gasteiger charge is 2.26. The average molecular weight is 482 g/mol. The number of ether oxygens (including phenoxy) is 1. The van der Waals surface area contributed by atoms with E-state index in [1.165, 1.54) is 29.7 Å². The van der Waals surface area contributed by atoms with Gasteiger partial charge in [0.2, 0.25) is 0 Å². The first kappa shape index (κ1) is 23.7. The van der Waals surface area contributed by atoms with Crippen molar-refractivity contribution in [2.24, 2.45) is 5.92 Å². The molecule has 7 heteroatoms. The highest BCUT2D eigenvalue weighted by molar-refractivity contribution is 6.30. The molecule has 2 fully saturated rings. The average Bonchev–Trinajstić information content (AvgIpc) is 3.19. The molecule has 182 valence electrons. The molecule has 0 aliphatic carbocycles. The molecule has 0 saturated carbocycles. The maximum atomic E-state index is 6.07. The predicted octanol–water partition coefficient (Wildman–Crippen LogP) is 4.98. The van der Waals surface area contributed by atoms with Crippen molar-refractivity contribution in [1.29, 1.82) is 0 Å². The third-order valence-corrected chi connectivity index (χ3v) is 7.91. The maximum Gasteiger partial charge on any atom is 0.159 e. The molecule has 0 radical (unpaired) electrons. The van der Waals surface area contributed by atoms with Crippen LogP contribution in [0.1, 0.15) is 61.0 Å². The molecule has 0 bridgehead atoms. The Kier molecular flexibility index (Phi) is 7.49. The lowest BCUT2D eigenvalue weighted by atomic mass is 9.93. The number of aromatic nitrogens is 3. The van der Waals surface area contributed by atoms with E-state index in [-0.39, 0.29) is 0 Å². The van der Waals surface area contributed by atoms with Crippen molar-refractivity contribution >= 4 is 17.2 Å². The van der Waals surface area contributed by atoms with Crippen molar-refractivity contribution in [2.75, 3.05) is 26.3 Å². The first-order valence-corrected chi connectivity index (χ1v) is 13.1. The van der Waals surface area contributed by atoms with Crippen LogP contribution in [0.3, 0.4) is 0 Å². The number of fused-ring (bicyclic) bond motifs is 1. The van der Waals surface area contributed by atoms with Crippen LogP contribution >= 0.6 is 11.6 Å². The minimum atomic E-state index is 0.452. The Hall–Kier alpha value is -1.99. The van der Waals surface area contributed by atoms with Gasteiger partial charge < -0.3 is 10.1 Å². The number of hydrogen-bond donors (Lipinski definition) is 1. The number of hydrogen-bond acceptors (Lipinski definition) is 5. The molecular formula is C27H36ClN5O. The monoisotopic (exact) mass is 481 g/mol. The second-order valence-corrected chi connectivity index (χ2v) is 10.4. The second-order valence-electron chi connectivity index (χ2n) is 9.99. The summed E-state index contributed by atoms with van der Waals surface area (Å²) in [5.74, 6) is 1.13. The van der Waals surface area contributed by atoms with Gasteiger partial charge in [-0.05, 0) is 75.8 Å². The van der Waals surface area contributed by atoms with E-state index in [9.17, 15) is 0 Å². The number of rotatable bonds is 7. The SMILES string of the molecule is Cc1nn2c(C3CCCN(Cc4ccc(Cl)cc4)C3)ccnc2c1CN[C@H](C)C1CCOCC1. The summed E-state index contributed by atoms with van der Waals surface area (Å²) in [4.78, 5) is 7.31. The van der Waals surface area contributed by atoms with Gasteiger partial charge in [0, 0.05) is 61.6 Å². The topological polar surface area (TPSA) is 54.7 Å². The van der Waals surface area contributed by atoms with Gasteiger partial charge in [0.15, 0.2) is 5.65 Å². The van der Waals surface area contributed by atoms with Crippen molar-refractivity contribution in [2.45, 2.75) is 64.6 Å². The molecule has 2 aliphatic heterocycles. The molecule has 2 aromatic heterocycles. The van der Waals surface area contributed by atoms with Crippen molar-refractivity contribution in [3.63, 3.8) is 0 Å². The van der Waals surface area contributed by atoms with Crippen molar-refractivity contribution < 1.29 is 4.74 Å². The zero-order chi connectivity index (χ0) is 23.5. The van der Waals surface area contributed by atoms with Gasteiger partial charge in [-0.15, -0.1) is 0 Å². The van der Waals surface area contributed by atoms with Crippen LogP contribution in [-0.4, -0.2) is 51.8 Å². The zero-order valence-electron chi connectivity index (χ0n) is 20.3. The van der Waals surface area contributed by atoms with Gasteiger partial charge in [-0.25, -0.2) is 9.50 Å². The molecule has 6 nitrogen and oxygen atoms in total. The summed E-state index contributed by atoms with van der Waals surface area (Å²) in [6.45, 7) is 10.1. The van der Waals surface area contributed by atoms with Crippen LogP contribution in [0.2, 0.25) is 5.02 Å². The van der Waals surface area contributed by atoms with Crippen LogP contribution in [0.25, 0.3) is 5.65 Å². The Labute approximate surface area is 207 Å². The molecule has 0 amide bonds. The highest BCUT2D eigenvalue weighted by Crippen LogP contribution is 2.29. The van der Waals surface area contributed by atoms with E-state index in [1.54, 1.807) is 0 Å². The molecule has 4 heterocycles. The number of likely N-dealkylation sites (tertiary alicyclic amines) is 1. The van der Waals surface area contributed by atoms with Gasteiger partial charge in [-0.1, -0.05) is 23.7 Å². The fourth-order valence-electron chi connectivity index (χ4n) is 5.56. The maximum absolute atomic E-state index is 6.07. The molecule has 0 spiro atoms. The van der Waals surface area contributed by atoms with Crippen molar-refractivity contribution in [3.05, 3.63) is 64.1 Å². The lowest BCUT2D eigenvalue weighted by molar-refractivity contribution is 0.0558. The quantitative estimate of drug-likeness (QED) is 0.516. The lowest BCUT2D eigenvalue weighted by Crippen LogP contribution is -2.36. The van der Waals surface area contributed by atoms with E-state index in [4.69, 9.17) is 26.4 Å². The van der Waals surface area contributed by atoms with Gasteiger partial charge in [-0.2, -0.15) is 5.10 Å². The Bertz CT molecular complexity index is 1090. The molecule has 3 aromatic rings. The number of aryl methyl sites for hydroxylation is 1. The molecule has 1 unspecified atom stereocenters. The van der Waals surface area contributed by atoms with E-state index in [0.29, 0.717) is 17.9 Å². The molecule has 2 atom stereocenters. The van der Waals surface area contributed by atoms with Crippen LogP contribution < -0.4 is 5.32 Å². The first-order chi connectivity index (χ1) is 16.6. The third kappa shape index (κ3) is 5.30. The van der Waals surface area contributed by atoms with E-state index in [1.807, 2.05) is 18.3 Å². The standard InChI is InChI=1S/C27H36ClN5O/c1-19(22-10-14-34-15-11-22)30-16-25-20(2)31-33-26(9-12-29-27(25)33)23-4-3-13-32(18-23)17-21-5-7-24(28)8-6-21/h5-9,12,19,22-23,30H,3-4,10-11,13-18H2,1-2H3/t19-,23?/m1/s1. The Morgan fingerprint density at radius 1 is 1.15 bits per heavy atom. The van der Waals surface area contributed by atoms with Crippen LogP contribution in [0.15, 0.2) is 36.5 Å². The van der Waals surface area contributed by atoms with E-state index < -0.39 is 0 Å². The fraction of sp³-hybridized carbons (Fsp3) is 0.556. The summed E-state index contributed by atoms with van der Waals surface area (Å²) < 4.78 is 7.65. The largest absolute Gasteiger partial charge is 0.381 e. The number of halogens is 1. The first-order valence-electron chi connectivity index (χ1n) is 12.7. The van der Waals surface area contributed by atoms with E-state index in [0.717, 1.165) is 68.6 Å². The normalized spacial score (nSPS) is 21.2. The molecule has 34 heavy (non-hydrogen) atoms. The summed E-state index contributed by atoms with van der Waals surface area (Å²) in [5.41, 5.74) is 5.87. The zero-order valence-corrected chi connectivity index (χ0v) is 21.1.